The van der Waals surface area contributed by atoms with Crippen molar-refractivity contribution in [2.24, 2.45) is 4.99 Å². The molecule has 1 N–H and O–H groups in total. The summed E-state index contributed by atoms with van der Waals surface area (Å²) in [6.45, 7) is 8.64. The average molecular weight is 398 g/mol. The summed E-state index contributed by atoms with van der Waals surface area (Å²) in [5.41, 5.74) is 2.56. The second-order valence-corrected chi connectivity index (χ2v) is 7.93. The highest BCUT2D eigenvalue weighted by Gasteiger charge is 2.44. The Bertz CT molecular complexity index is 791. The summed E-state index contributed by atoms with van der Waals surface area (Å²) in [6, 6.07) is 10.4. The van der Waals surface area contributed by atoms with Gasteiger partial charge in [0.1, 0.15) is 12.0 Å². The number of rotatable bonds is 7. The van der Waals surface area contributed by atoms with Gasteiger partial charge >= 0.3 is 0 Å². The third kappa shape index (κ3) is 4.72. The summed E-state index contributed by atoms with van der Waals surface area (Å²) in [7, 11) is 1.71. The molecule has 29 heavy (non-hydrogen) atoms. The Morgan fingerprint density at radius 2 is 1.93 bits per heavy atom. The normalized spacial score (nSPS) is 19.2. The Morgan fingerprint density at radius 3 is 2.52 bits per heavy atom. The minimum atomic E-state index is 0.196. The van der Waals surface area contributed by atoms with Crippen LogP contribution in [0.1, 0.15) is 31.0 Å². The zero-order valence-corrected chi connectivity index (χ0v) is 17.4. The van der Waals surface area contributed by atoms with Crippen molar-refractivity contribution in [3.05, 3.63) is 47.9 Å². The van der Waals surface area contributed by atoms with Crippen molar-refractivity contribution in [1.29, 1.82) is 0 Å². The van der Waals surface area contributed by atoms with Gasteiger partial charge in [-0.2, -0.15) is 0 Å². The number of hydrogen-bond donors (Lipinski definition) is 1. The molecule has 1 aliphatic heterocycles. The summed E-state index contributed by atoms with van der Waals surface area (Å²) in [4.78, 5) is 9.84. The predicted molar refractivity (Wildman–Crippen MR) is 113 cm³/mol. The van der Waals surface area contributed by atoms with Crippen molar-refractivity contribution in [3.63, 3.8) is 0 Å². The minimum Gasteiger partial charge on any atom is -0.497 e. The maximum atomic E-state index is 5.30. The number of hydrogen-bond acceptors (Lipinski definition) is 5. The second-order valence-electron chi connectivity index (χ2n) is 7.93. The van der Waals surface area contributed by atoms with Crippen LogP contribution in [0.3, 0.4) is 0 Å². The van der Waals surface area contributed by atoms with Gasteiger partial charge in [0.2, 0.25) is 0 Å². The summed E-state index contributed by atoms with van der Waals surface area (Å²) >= 11 is 0. The number of piperazine rings is 1. The van der Waals surface area contributed by atoms with Gasteiger partial charge in [-0.3, -0.25) is 9.89 Å². The molecule has 0 bridgehead atoms. The van der Waals surface area contributed by atoms with E-state index in [0.717, 1.165) is 63.2 Å². The fraction of sp³-hybridized carbons (Fsp3) is 0.545. The van der Waals surface area contributed by atoms with E-state index in [-0.39, 0.29) is 5.41 Å². The zero-order chi connectivity index (χ0) is 20.1. The highest BCUT2D eigenvalue weighted by Crippen LogP contribution is 2.48. The van der Waals surface area contributed by atoms with Gasteiger partial charge in [0.25, 0.3) is 0 Å². The molecule has 7 nitrogen and oxygen atoms in total. The van der Waals surface area contributed by atoms with Gasteiger partial charge in [-0.15, -0.1) is 0 Å². The lowest BCUT2D eigenvalue weighted by molar-refractivity contribution is 0.169. The number of ether oxygens (including phenoxy) is 1. The minimum absolute atomic E-state index is 0.196. The number of benzene rings is 1. The number of nitrogens with one attached hydrogen (secondary N) is 1. The topological polar surface area (TPSA) is 66.1 Å². The van der Waals surface area contributed by atoms with Gasteiger partial charge in [-0.1, -0.05) is 17.3 Å². The van der Waals surface area contributed by atoms with Crippen LogP contribution >= 0.6 is 0 Å². The third-order valence-corrected chi connectivity index (χ3v) is 5.97. The SMILES string of the molecule is CCNC(=NCC1(c2ccc(OC)cc2)CC1)N1CCN(Cc2ccon2)CC1. The van der Waals surface area contributed by atoms with E-state index in [1.54, 1.807) is 13.4 Å². The Balaban J connectivity index is 1.36. The van der Waals surface area contributed by atoms with Crippen LogP contribution in [-0.4, -0.2) is 67.3 Å². The standard InChI is InChI=1S/C22H31N5O2/c1-3-23-21(27-13-11-26(12-14-27)16-19-8-15-29-25-19)24-17-22(9-10-22)18-4-6-20(28-2)7-5-18/h4-8,15H,3,9-14,16-17H2,1-2H3,(H,23,24). The molecule has 2 aromatic rings. The Labute approximate surface area is 172 Å². The smallest absolute Gasteiger partial charge is 0.194 e. The number of aromatic nitrogens is 1. The molecule has 1 aromatic heterocycles. The van der Waals surface area contributed by atoms with E-state index >= 15 is 0 Å². The molecule has 156 valence electrons. The fourth-order valence-corrected chi connectivity index (χ4v) is 3.95. The number of guanidine groups is 1. The zero-order valence-electron chi connectivity index (χ0n) is 17.4. The van der Waals surface area contributed by atoms with E-state index in [0.29, 0.717) is 0 Å². The first kappa shape index (κ1) is 19.8. The van der Waals surface area contributed by atoms with E-state index in [9.17, 15) is 0 Å². The van der Waals surface area contributed by atoms with Gasteiger partial charge in [-0.25, -0.2) is 0 Å². The van der Waals surface area contributed by atoms with Crippen LogP contribution in [0.2, 0.25) is 0 Å². The van der Waals surface area contributed by atoms with Gasteiger partial charge in [0, 0.05) is 50.7 Å². The lowest BCUT2D eigenvalue weighted by Crippen LogP contribution is -2.52. The summed E-state index contributed by atoms with van der Waals surface area (Å²) in [6.07, 6.45) is 4.04. The molecule has 2 heterocycles. The van der Waals surface area contributed by atoms with Crippen molar-refractivity contribution in [2.75, 3.05) is 46.4 Å². The monoisotopic (exact) mass is 397 g/mol. The molecule has 1 saturated heterocycles. The van der Waals surface area contributed by atoms with Gasteiger partial charge < -0.3 is 19.5 Å². The largest absolute Gasteiger partial charge is 0.497 e. The Hall–Kier alpha value is -2.54. The molecule has 0 unspecified atom stereocenters. The first-order chi connectivity index (χ1) is 14.2. The van der Waals surface area contributed by atoms with E-state index in [1.165, 1.54) is 18.4 Å². The van der Waals surface area contributed by atoms with Crippen molar-refractivity contribution in [2.45, 2.75) is 31.7 Å². The molecular weight excluding hydrogens is 366 g/mol. The van der Waals surface area contributed by atoms with Gasteiger partial charge in [-0.05, 0) is 37.5 Å². The van der Waals surface area contributed by atoms with E-state index in [1.807, 2.05) is 6.07 Å². The molecule has 1 aliphatic carbocycles. The highest BCUT2D eigenvalue weighted by atomic mass is 16.5. The molecule has 0 radical (unpaired) electrons. The van der Waals surface area contributed by atoms with E-state index in [2.05, 4.69) is 51.5 Å². The van der Waals surface area contributed by atoms with Crippen LogP contribution < -0.4 is 10.1 Å². The van der Waals surface area contributed by atoms with E-state index in [4.69, 9.17) is 14.3 Å². The van der Waals surface area contributed by atoms with Crippen molar-refractivity contribution >= 4 is 5.96 Å². The summed E-state index contributed by atoms with van der Waals surface area (Å²) in [5.74, 6) is 1.94. The number of nitrogens with zero attached hydrogens (tertiary/aromatic N) is 4. The van der Waals surface area contributed by atoms with Crippen LogP contribution in [-0.2, 0) is 12.0 Å². The first-order valence-electron chi connectivity index (χ1n) is 10.5. The van der Waals surface area contributed by atoms with Gasteiger partial charge in [0.05, 0.1) is 19.3 Å². The van der Waals surface area contributed by atoms with Crippen LogP contribution in [0.5, 0.6) is 5.75 Å². The third-order valence-electron chi connectivity index (χ3n) is 5.97. The molecule has 2 aliphatic rings. The van der Waals surface area contributed by atoms with Crippen molar-refractivity contribution in [3.8, 4) is 5.75 Å². The van der Waals surface area contributed by atoms with Crippen LogP contribution in [0.15, 0.2) is 46.1 Å². The maximum absolute atomic E-state index is 5.30. The molecule has 0 atom stereocenters. The predicted octanol–water partition coefficient (Wildman–Crippen LogP) is 2.50. The van der Waals surface area contributed by atoms with Crippen LogP contribution in [0.4, 0.5) is 0 Å². The molecule has 7 heteroatoms. The molecule has 0 amide bonds. The maximum Gasteiger partial charge on any atom is 0.194 e. The Kier molecular flexibility index (Phi) is 6.04. The van der Waals surface area contributed by atoms with Crippen LogP contribution in [0.25, 0.3) is 0 Å². The van der Waals surface area contributed by atoms with Crippen molar-refractivity contribution in [1.82, 2.24) is 20.3 Å². The quantitative estimate of drug-likeness (QED) is 0.572. The molecule has 1 aromatic carbocycles. The summed E-state index contributed by atoms with van der Waals surface area (Å²) < 4.78 is 10.2. The van der Waals surface area contributed by atoms with E-state index < -0.39 is 0 Å². The summed E-state index contributed by atoms with van der Waals surface area (Å²) in [5, 5.41) is 7.52. The lowest BCUT2D eigenvalue weighted by atomic mass is 9.96. The fourth-order valence-electron chi connectivity index (χ4n) is 3.95. The average Bonchev–Trinajstić information content (AvgIpc) is 3.39. The molecule has 0 spiro atoms. The lowest BCUT2D eigenvalue weighted by Gasteiger charge is -2.36. The molecular formula is C22H31N5O2. The molecule has 2 fully saturated rings. The number of methoxy groups -OCH3 is 1. The molecule has 1 saturated carbocycles. The molecule has 4 rings (SSSR count). The first-order valence-corrected chi connectivity index (χ1v) is 10.5. The van der Waals surface area contributed by atoms with Gasteiger partial charge in [0.15, 0.2) is 5.96 Å². The highest BCUT2D eigenvalue weighted by molar-refractivity contribution is 5.80. The second kappa shape index (κ2) is 8.86. The van der Waals surface area contributed by atoms with Crippen molar-refractivity contribution < 1.29 is 9.26 Å². The Morgan fingerprint density at radius 1 is 1.17 bits per heavy atom. The number of aliphatic imine (C=N–C) groups is 1. The van der Waals surface area contributed by atoms with Crippen LogP contribution in [0, 0.1) is 0 Å².